The Balaban J connectivity index is 0. The first kappa shape index (κ1) is 56.4. The molecular weight excluding hydrogens is 701 g/mol. The number of unbranched alkanes of at least 4 members (excludes halogenated alkanes) is 25. The Hall–Kier alpha value is -1.67. The van der Waals surface area contributed by atoms with Crippen molar-refractivity contribution in [3.05, 3.63) is 0 Å². The minimum atomic E-state index is -0.432. The van der Waals surface area contributed by atoms with Gasteiger partial charge in [0.05, 0.1) is 6.61 Å². The van der Waals surface area contributed by atoms with Crippen molar-refractivity contribution in [2.45, 2.75) is 252 Å². The second-order valence-corrected chi connectivity index (χ2v) is 16.3. The topological polar surface area (TPSA) is 105 Å². The number of carbonyl (C=O) groups excluding carboxylic acids is 3. The molecule has 0 unspecified atom stereocenters. The van der Waals surface area contributed by atoms with Gasteiger partial charge in [-0.1, -0.05) is 182 Å². The summed E-state index contributed by atoms with van der Waals surface area (Å²) in [6.07, 6.45) is 41.5. The van der Waals surface area contributed by atoms with Crippen LogP contribution in [0.4, 0.5) is 0 Å². The first-order valence-corrected chi connectivity index (χ1v) is 24.3. The molecule has 334 valence electrons. The van der Waals surface area contributed by atoms with E-state index in [9.17, 15) is 14.4 Å². The zero-order valence-corrected chi connectivity index (χ0v) is 37.9. The number of hydrogen-bond acceptors (Lipinski definition) is 7. The molecule has 0 aromatic heterocycles. The lowest BCUT2D eigenvalue weighted by Gasteiger charge is -2.22. The zero-order chi connectivity index (χ0) is 41.4. The van der Waals surface area contributed by atoms with Crippen molar-refractivity contribution in [2.24, 2.45) is 0 Å². The maximum Gasteiger partial charge on any atom is 0.305 e. The molecule has 0 radical (unpaired) electrons. The monoisotopic (exact) mass is 797 g/mol. The summed E-state index contributed by atoms with van der Waals surface area (Å²) < 4.78 is 10.6. The Bertz CT molecular complexity index is 782. The fraction of sp³-hybridized carbons (Fsp3) is 0.938. The number of nitrogens with zero attached hydrogens (tertiary/aromatic N) is 1. The summed E-state index contributed by atoms with van der Waals surface area (Å²) in [6.45, 7) is 13.6. The average molecular weight is 797 g/mol. The van der Waals surface area contributed by atoms with E-state index >= 15 is 0 Å². The van der Waals surface area contributed by atoms with Crippen molar-refractivity contribution in [3.63, 3.8) is 0 Å². The lowest BCUT2D eigenvalue weighted by atomic mass is 10.0. The third-order valence-electron chi connectivity index (χ3n) is 10.8. The first-order valence-electron chi connectivity index (χ1n) is 24.3. The highest BCUT2D eigenvalue weighted by atomic mass is 16.5. The summed E-state index contributed by atoms with van der Waals surface area (Å²) in [5.74, 6) is -0.321. The van der Waals surface area contributed by atoms with Crippen LogP contribution < -0.4 is 5.32 Å². The minimum Gasteiger partial charge on any atom is -0.466 e. The predicted molar refractivity (Wildman–Crippen MR) is 238 cm³/mol. The van der Waals surface area contributed by atoms with Crippen molar-refractivity contribution >= 4 is 18.3 Å². The molecule has 0 aliphatic heterocycles. The van der Waals surface area contributed by atoms with Gasteiger partial charge in [-0.25, -0.2) is 0 Å². The van der Waals surface area contributed by atoms with Crippen LogP contribution >= 0.6 is 0 Å². The molecule has 0 atom stereocenters. The Morgan fingerprint density at radius 3 is 1.38 bits per heavy atom. The van der Waals surface area contributed by atoms with E-state index in [1.807, 2.05) is 0 Å². The number of rotatable bonds is 44. The van der Waals surface area contributed by atoms with Gasteiger partial charge < -0.3 is 24.8 Å². The molecule has 1 amide bonds. The van der Waals surface area contributed by atoms with Gasteiger partial charge in [-0.05, 0) is 77.4 Å². The Kier molecular flexibility index (Phi) is 49.9. The highest BCUT2D eigenvalue weighted by Crippen LogP contribution is 2.16. The smallest absolute Gasteiger partial charge is 0.305 e. The fourth-order valence-corrected chi connectivity index (χ4v) is 7.15. The van der Waals surface area contributed by atoms with E-state index in [2.05, 4.69) is 37.9 Å². The molecule has 0 bridgehead atoms. The Labute approximate surface area is 348 Å². The molecular formula is C48H96N2O6. The van der Waals surface area contributed by atoms with Crippen LogP contribution in [0, 0.1) is 0 Å². The van der Waals surface area contributed by atoms with Crippen molar-refractivity contribution in [1.82, 2.24) is 10.2 Å². The number of ether oxygens (including phenoxy) is 2. The standard InChI is InChI=1S/C30H60N2O4.C18H36O2/c1-3-5-7-9-11-16-20-27-36-30(35)22-17-13-12-15-19-25-32(24-18-14-10-8-6-4-2)26-21-23-31-29(34)28-33;1-3-5-7-9-11-13-15-18(20-17-19)16-14-12-10-8-6-4-2/h33H,3-28H2,1-2H3,(H,31,34);17-18H,3-16H2,1-2H3. The summed E-state index contributed by atoms with van der Waals surface area (Å²) in [5, 5.41) is 11.6. The lowest BCUT2D eigenvalue weighted by Crippen LogP contribution is -2.32. The molecule has 0 rings (SSSR count). The van der Waals surface area contributed by atoms with Crippen molar-refractivity contribution < 1.29 is 29.0 Å². The molecule has 0 aliphatic carbocycles. The third-order valence-corrected chi connectivity index (χ3v) is 10.8. The summed E-state index contributed by atoms with van der Waals surface area (Å²) in [5.41, 5.74) is 0. The second-order valence-electron chi connectivity index (χ2n) is 16.3. The minimum absolute atomic E-state index is 0.0283. The molecule has 0 aromatic carbocycles. The van der Waals surface area contributed by atoms with Crippen molar-refractivity contribution in [3.8, 4) is 0 Å². The van der Waals surface area contributed by atoms with E-state index in [1.54, 1.807) is 0 Å². The van der Waals surface area contributed by atoms with Crippen LogP contribution in [0.2, 0.25) is 0 Å². The number of nitrogens with one attached hydrogen (secondary N) is 1. The summed E-state index contributed by atoms with van der Waals surface area (Å²) in [4.78, 5) is 36.2. The van der Waals surface area contributed by atoms with E-state index in [0.717, 1.165) is 58.2 Å². The van der Waals surface area contributed by atoms with Gasteiger partial charge in [0.25, 0.3) is 6.47 Å². The maximum atomic E-state index is 11.9. The van der Waals surface area contributed by atoms with Gasteiger partial charge in [0.1, 0.15) is 12.7 Å². The van der Waals surface area contributed by atoms with Gasteiger partial charge >= 0.3 is 5.97 Å². The molecule has 0 heterocycles. The molecule has 8 nitrogen and oxygen atoms in total. The third kappa shape index (κ3) is 46.7. The summed E-state index contributed by atoms with van der Waals surface area (Å²) >= 11 is 0. The summed E-state index contributed by atoms with van der Waals surface area (Å²) in [6, 6.07) is 0. The molecule has 2 N–H and O–H groups in total. The first-order chi connectivity index (χ1) is 27.5. The van der Waals surface area contributed by atoms with Crippen molar-refractivity contribution in [1.29, 1.82) is 0 Å². The number of aliphatic hydroxyl groups excluding tert-OH is 1. The van der Waals surface area contributed by atoms with Crippen LogP contribution in [0.15, 0.2) is 0 Å². The molecule has 56 heavy (non-hydrogen) atoms. The molecule has 0 saturated heterocycles. The maximum absolute atomic E-state index is 11.9. The predicted octanol–water partition coefficient (Wildman–Crippen LogP) is 12.8. The van der Waals surface area contributed by atoms with Crippen molar-refractivity contribution in [2.75, 3.05) is 39.4 Å². The van der Waals surface area contributed by atoms with Gasteiger partial charge in [-0.2, -0.15) is 0 Å². The molecule has 0 saturated carbocycles. The summed E-state index contributed by atoms with van der Waals surface area (Å²) in [7, 11) is 0. The van der Waals surface area contributed by atoms with Crippen LogP contribution in [0.1, 0.15) is 246 Å². The highest BCUT2D eigenvalue weighted by Gasteiger charge is 2.09. The molecule has 0 aliphatic rings. The van der Waals surface area contributed by atoms with E-state index in [1.165, 1.54) is 173 Å². The number of esters is 1. The van der Waals surface area contributed by atoms with E-state index < -0.39 is 6.61 Å². The zero-order valence-electron chi connectivity index (χ0n) is 37.9. The highest BCUT2D eigenvalue weighted by molar-refractivity contribution is 5.76. The van der Waals surface area contributed by atoms with Crippen LogP contribution in [-0.2, 0) is 23.9 Å². The molecule has 0 aromatic rings. The van der Waals surface area contributed by atoms with Gasteiger partial charge in [0, 0.05) is 13.0 Å². The van der Waals surface area contributed by atoms with E-state index in [4.69, 9.17) is 14.6 Å². The molecule has 0 fully saturated rings. The molecule has 8 heteroatoms. The lowest BCUT2D eigenvalue weighted by molar-refractivity contribution is -0.144. The van der Waals surface area contributed by atoms with E-state index in [0.29, 0.717) is 26.0 Å². The van der Waals surface area contributed by atoms with Crippen LogP contribution in [0.25, 0.3) is 0 Å². The van der Waals surface area contributed by atoms with Gasteiger partial charge in [-0.15, -0.1) is 0 Å². The van der Waals surface area contributed by atoms with Gasteiger partial charge in [0.15, 0.2) is 0 Å². The SMILES string of the molecule is CCCCCCCCC(CCCCCCCC)OC=O.CCCCCCCCCOC(=O)CCCCCCCN(CCCCCCCC)CCCNC(=O)CO. The van der Waals surface area contributed by atoms with Crippen LogP contribution in [0.3, 0.4) is 0 Å². The van der Waals surface area contributed by atoms with E-state index in [-0.39, 0.29) is 18.0 Å². The number of amides is 1. The molecule has 0 spiro atoms. The van der Waals surface area contributed by atoms with Crippen LogP contribution in [-0.4, -0.2) is 73.9 Å². The Morgan fingerprint density at radius 1 is 0.536 bits per heavy atom. The number of carbonyl (C=O) groups is 3. The van der Waals surface area contributed by atoms with Gasteiger partial charge in [0.2, 0.25) is 5.91 Å². The average Bonchev–Trinajstić information content (AvgIpc) is 3.20. The number of hydrogen-bond donors (Lipinski definition) is 2. The fourth-order valence-electron chi connectivity index (χ4n) is 7.15. The Morgan fingerprint density at radius 2 is 0.929 bits per heavy atom. The largest absolute Gasteiger partial charge is 0.466 e. The quantitative estimate of drug-likeness (QED) is 0.0359. The van der Waals surface area contributed by atoms with Crippen LogP contribution in [0.5, 0.6) is 0 Å². The van der Waals surface area contributed by atoms with Gasteiger partial charge in [-0.3, -0.25) is 14.4 Å². The number of aliphatic hydroxyl groups is 1. The normalized spacial score (nSPS) is 11.1. The second kappa shape index (κ2) is 49.5.